The third-order valence-electron chi connectivity index (χ3n) is 1.44. The molecular formula is C6H4Cl2N4. The van der Waals surface area contributed by atoms with Gasteiger partial charge in [0.1, 0.15) is 16.1 Å². The van der Waals surface area contributed by atoms with Crippen molar-refractivity contribution in [1.29, 1.82) is 0 Å². The van der Waals surface area contributed by atoms with Crippen molar-refractivity contribution in [2.24, 2.45) is 0 Å². The quantitative estimate of drug-likeness (QED) is 0.666. The molecule has 0 aliphatic carbocycles. The Kier molecular flexibility index (Phi) is 1.66. The number of hydrogen-bond donors (Lipinski definition) is 1. The van der Waals surface area contributed by atoms with Gasteiger partial charge < -0.3 is 0 Å². The van der Waals surface area contributed by atoms with Crippen molar-refractivity contribution in [2.45, 2.75) is 6.92 Å². The van der Waals surface area contributed by atoms with Gasteiger partial charge in [-0.15, -0.1) is 0 Å². The molecule has 0 atom stereocenters. The first kappa shape index (κ1) is 7.76. The van der Waals surface area contributed by atoms with Crippen molar-refractivity contribution >= 4 is 34.2 Å². The van der Waals surface area contributed by atoms with Crippen LogP contribution in [0.5, 0.6) is 0 Å². The van der Waals surface area contributed by atoms with E-state index < -0.39 is 0 Å². The number of halogens is 2. The number of aromatic nitrogens is 4. The Balaban J connectivity index is 2.93. The number of hydrogen-bond acceptors (Lipinski definition) is 3. The minimum absolute atomic E-state index is 0.330. The number of aryl methyl sites for hydroxylation is 1. The summed E-state index contributed by atoms with van der Waals surface area (Å²) in [6.07, 6.45) is 0. The normalized spacial score (nSPS) is 10.9. The van der Waals surface area contributed by atoms with E-state index in [-0.39, 0.29) is 0 Å². The molecule has 0 aliphatic heterocycles. The SMILES string of the molecule is Cc1nc(Cl)c2c(Cl)[nH]nc2n1. The number of H-pyrrole nitrogens is 1. The Morgan fingerprint density at radius 1 is 1.25 bits per heavy atom. The lowest BCUT2D eigenvalue weighted by molar-refractivity contribution is 1.05. The molecule has 0 saturated heterocycles. The maximum atomic E-state index is 5.81. The van der Waals surface area contributed by atoms with Crippen LogP contribution in [0.1, 0.15) is 5.82 Å². The number of nitrogens with one attached hydrogen (secondary N) is 1. The summed E-state index contributed by atoms with van der Waals surface area (Å²) in [5, 5.41) is 7.69. The highest BCUT2D eigenvalue weighted by Gasteiger charge is 2.09. The smallest absolute Gasteiger partial charge is 0.187 e. The lowest BCUT2D eigenvalue weighted by atomic mass is 10.4. The van der Waals surface area contributed by atoms with Gasteiger partial charge in [0.15, 0.2) is 5.65 Å². The van der Waals surface area contributed by atoms with E-state index in [9.17, 15) is 0 Å². The van der Waals surface area contributed by atoms with Crippen LogP contribution in [0.2, 0.25) is 10.3 Å². The predicted molar refractivity (Wildman–Crippen MR) is 46.4 cm³/mol. The molecule has 2 rings (SSSR count). The highest BCUT2D eigenvalue weighted by Crippen LogP contribution is 2.24. The Labute approximate surface area is 77.9 Å². The van der Waals surface area contributed by atoms with Crippen LogP contribution in [0, 0.1) is 6.92 Å². The zero-order valence-electron chi connectivity index (χ0n) is 6.10. The van der Waals surface area contributed by atoms with Crippen molar-refractivity contribution < 1.29 is 0 Å². The monoisotopic (exact) mass is 202 g/mol. The molecule has 0 radical (unpaired) electrons. The van der Waals surface area contributed by atoms with E-state index in [4.69, 9.17) is 23.2 Å². The molecule has 0 bridgehead atoms. The highest BCUT2D eigenvalue weighted by atomic mass is 35.5. The number of rotatable bonds is 0. The largest absolute Gasteiger partial charge is 0.264 e. The topological polar surface area (TPSA) is 54.5 Å². The van der Waals surface area contributed by atoms with Crippen LogP contribution in [0.25, 0.3) is 11.0 Å². The van der Waals surface area contributed by atoms with Gasteiger partial charge in [-0.3, -0.25) is 5.10 Å². The molecule has 1 N–H and O–H groups in total. The van der Waals surface area contributed by atoms with E-state index in [0.29, 0.717) is 27.2 Å². The van der Waals surface area contributed by atoms with Crippen molar-refractivity contribution in [3.63, 3.8) is 0 Å². The summed E-state index contributed by atoms with van der Waals surface area (Å²) in [4.78, 5) is 7.98. The maximum Gasteiger partial charge on any atom is 0.187 e. The minimum Gasteiger partial charge on any atom is -0.264 e. The summed E-state index contributed by atoms with van der Waals surface area (Å²) in [6.45, 7) is 1.74. The lowest BCUT2D eigenvalue weighted by Gasteiger charge is -1.93. The van der Waals surface area contributed by atoms with Crippen LogP contribution in [-0.2, 0) is 0 Å². The van der Waals surface area contributed by atoms with Gasteiger partial charge in [0.25, 0.3) is 0 Å². The molecule has 0 aliphatic rings. The Morgan fingerprint density at radius 3 is 2.75 bits per heavy atom. The van der Waals surface area contributed by atoms with Crippen LogP contribution >= 0.6 is 23.2 Å². The molecule has 0 amide bonds. The van der Waals surface area contributed by atoms with Gasteiger partial charge in [-0.05, 0) is 6.92 Å². The average molecular weight is 203 g/mol. The number of fused-ring (bicyclic) bond motifs is 1. The predicted octanol–water partition coefficient (Wildman–Crippen LogP) is 1.97. The first-order chi connectivity index (χ1) is 5.68. The van der Waals surface area contributed by atoms with E-state index in [0.717, 1.165) is 0 Å². The van der Waals surface area contributed by atoms with Gasteiger partial charge in [0.2, 0.25) is 0 Å². The van der Waals surface area contributed by atoms with Crippen LogP contribution in [-0.4, -0.2) is 20.2 Å². The van der Waals surface area contributed by atoms with Gasteiger partial charge >= 0.3 is 0 Å². The van der Waals surface area contributed by atoms with E-state index in [1.807, 2.05) is 0 Å². The molecule has 2 aromatic rings. The van der Waals surface area contributed by atoms with Gasteiger partial charge in [0, 0.05) is 0 Å². The third-order valence-corrected chi connectivity index (χ3v) is 1.98. The maximum absolute atomic E-state index is 5.81. The Hall–Kier alpha value is -0.870. The zero-order chi connectivity index (χ0) is 8.72. The Bertz CT molecular complexity index is 436. The van der Waals surface area contributed by atoms with Crippen LogP contribution in [0.4, 0.5) is 0 Å². The molecule has 0 fully saturated rings. The molecule has 2 heterocycles. The minimum atomic E-state index is 0.330. The molecule has 2 aromatic heterocycles. The summed E-state index contributed by atoms with van der Waals surface area (Å²) in [6, 6.07) is 0. The van der Waals surface area contributed by atoms with Crippen LogP contribution in [0.3, 0.4) is 0 Å². The van der Waals surface area contributed by atoms with E-state index in [2.05, 4.69) is 20.2 Å². The second-order valence-electron chi connectivity index (χ2n) is 2.30. The van der Waals surface area contributed by atoms with Crippen LogP contribution in [0.15, 0.2) is 0 Å². The fourth-order valence-electron chi connectivity index (χ4n) is 0.952. The molecule has 0 unspecified atom stereocenters. The first-order valence-electron chi connectivity index (χ1n) is 3.22. The van der Waals surface area contributed by atoms with E-state index in [1.165, 1.54) is 0 Å². The van der Waals surface area contributed by atoms with Gasteiger partial charge in [-0.25, -0.2) is 9.97 Å². The second kappa shape index (κ2) is 2.57. The molecule has 6 heteroatoms. The van der Waals surface area contributed by atoms with Crippen molar-refractivity contribution in [2.75, 3.05) is 0 Å². The van der Waals surface area contributed by atoms with E-state index in [1.54, 1.807) is 6.92 Å². The first-order valence-corrected chi connectivity index (χ1v) is 3.98. The summed E-state index contributed by atoms with van der Waals surface area (Å²) in [5.74, 6) is 0.579. The molecule has 0 saturated carbocycles. The van der Waals surface area contributed by atoms with Gasteiger partial charge in [-0.2, -0.15) is 5.10 Å². The molecule has 0 aromatic carbocycles. The summed E-state index contributed by atoms with van der Waals surface area (Å²) in [5.41, 5.74) is 0.498. The third kappa shape index (κ3) is 1.04. The van der Waals surface area contributed by atoms with Crippen molar-refractivity contribution in [3.05, 3.63) is 16.1 Å². The lowest BCUT2D eigenvalue weighted by Crippen LogP contribution is -1.88. The van der Waals surface area contributed by atoms with Gasteiger partial charge in [-0.1, -0.05) is 23.2 Å². The fourth-order valence-corrected chi connectivity index (χ4v) is 1.52. The molecule has 4 nitrogen and oxygen atoms in total. The summed E-state index contributed by atoms with van der Waals surface area (Å²) in [7, 11) is 0. The summed E-state index contributed by atoms with van der Waals surface area (Å²) < 4.78 is 0. The molecule has 12 heavy (non-hydrogen) atoms. The zero-order valence-corrected chi connectivity index (χ0v) is 7.61. The Morgan fingerprint density at radius 2 is 2.00 bits per heavy atom. The van der Waals surface area contributed by atoms with E-state index >= 15 is 0 Å². The van der Waals surface area contributed by atoms with Crippen molar-refractivity contribution in [1.82, 2.24) is 20.2 Å². The average Bonchev–Trinajstić information content (AvgIpc) is 2.31. The number of aromatic amines is 1. The molecule has 62 valence electrons. The molecule has 0 spiro atoms. The summed E-state index contributed by atoms with van der Waals surface area (Å²) >= 11 is 11.6. The number of nitrogens with zero attached hydrogens (tertiary/aromatic N) is 3. The van der Waals surface area contributed by atoms with Crippen LogP contribution < -0.4 is 0 Å². The standard InChI is InChI=1S/C6H4Cl2N4/c1-2-9-4(7)3-5(8)11-12-6(3)10-2/h1H3,(H,9,10,11,12). The molecular weight excluding hydrogens is 199 g/mol. The fraction of sp³-hybridized carbons (Fsp3) is 0.167. The highest BCUT2D eigenvalue weighted by molar-refractivity contribution is 6.40. The van der Waals surface area contributed by atoms with Gasteiger partial charge in [0.05, 0.1) is 5.39 Å². The van der Waals surface area contributed by atoms with Crippen molar-refractivity contribution in [3.8, 4) is 0 Å². The second-order valence-corrected chi connectivity index (χ2v) is 3.03.